The molecule has 1 saturated heterocycles. The fourth-order valence-electron chi connectivity index (χ4n) is 2.79. The lowest BCUT2D eigenvalue weighted by molar-refractivity contribution is -0.141. The number of thiophene rings is 1. The van der Waals surface area contributed by atoms with Crippen LogP contribution < -0.4 is 0 Å². The number of carbonyl (C=O) groups is 1. The summed E-state index contributed by atoms with van der Waals surface area (Å²) in [5.74, 6) is -0.612. The summed E-state index contributed by atoms with van der Waals surface area (Å²) in [5.41, 5.74) is -1.50. The molecule has 0 spiro atoms. The largest absolute Gasteiger partial charge is 0.435 e. The Labute approximate surface area is 155 Å². The van der Waals surface area contributed by atoms with Gasteiger partial charge >= 0.3 is 6.18 Å². The molecule has 3 heterocycles. The first kappa shape index (κ1) is 18.4. The summed E-state index contributed by atoms with van der Waals surface area (Å²) in [4.78, 5) is 17.4. The third-order valence-electron chi connectivity index (χ3n) is 4.00. The molecule has 136 valence electrons. The van der Waals surface area contributed by atoms with Gasteiger partial charge in [-0.05, 0) is 28.1 Å². The summed E-state index contributed by atoms with van der Waals surface area (Å²) >= 11 is 5.07. The van der Waals surface area contributed by atoms with Crippen LogP contribution in [0.5, 0.6) is 0 Å². The van der Waals surface area contributed by atoms with Crippen LogP contribution >= 0.6 is 27.3 Å². The molecule has 0 aliphatic carbocycles. The molecule has 1 aliphatic heterocycles. The van der Waals surface area contributed by atoms with E-state index in [-0.39, 0.29) is 5.56 Å². The van der Waals surface area contributed by atoms with Gasteiger partial charge in [0.15, 0.2) is 5.69 Å². The first-order valence-corrected chi connectivity index (χ1v) is 9.21. The molecule has 0 bridgehead atoms. The lowest BCUT2D eigenvalue weighted by Crippen LogP contribution is -2.48. The highest BCUT2D eigenvalue weighted by atomic mass is 79.9. The summed E-state index contributed by atoms with van der Waals surface area (Å²) in [6.45, 7) is 2.83. The second kappa shape index (κ2) is 7.08. The molecule has 0 saturated carbocycles. The van der Waals surface area contributed by atoms with Gasteiger partial charge in [0.1, 0.15) is 0 Å². The van der Waals surface area contributed by atoms with Crippen molar-refractivity contribution < 1.29 is 18.0 Å². The molecule has 0 aromatic carbocycles. The fourth-order valence-corrected chi connectivity index (χ4v) is 4.32. The molecule has 2 aromatic rings. The normalized spacial score (nSPS) is 16.4. The lowest BCUT2D eigenvalue weighted by Gasteiger charge is -2.34. The minimum Gasteiger partial charge on any atom is -0.336 e. The minimum absolute atomic E-state index is 0.384. The summed E-state index contributed by atoms with van der Waals surface area (Å²) < 4.78 is 41.2. The molecule has 5 nitrogen and oxygen atoms in total. The molecule has 3 rings (SSSR count). The second-order valence-corrected chi connectivity index (χ2v) is 8.38. The standard InChI is InChI=1S/C15H16BrF3N4OS/c1-21-9-11(13(20-21)15(17,18)19)14(24)23-6-4-22(5-7-23)8-10-2-3-12(16)25-10/h2-3,9H,4-8H2,1H3. The molecule has 10 heteroatoms. The number of rotatable bonds is 3. The van der Waals surface area contributed by atoms with Crippen LogP contribution in [0.4, 0.5) is 13.2 Å². The van der Waals surface area contributed by atoms with Gasteiger partial charge in [0.25, 0.3) is 5.91 Å². The number of piperazine rings is 1. The van der Waals surface area contributed by atoms with E-state index in [1.807, 2.05) is 12.1 Å². The average molecular weight is 437 g/mol. The number of aryl methyl sites for hydroxylation is 1. The number of nitrogens with zero attached hydrogens (tertiary/aromatic N) is 4. The number of hydrogen-bond donors (Lipinski definition) is 0. The quantitative estimate of drug-likeness (QED) is 0.741. The van der Waals surface area contributed by atoms with Gasteiger partial charge < -0.3 is 4.90 Å². The lowest BCUT2D eigenvalue weighted by atomic mass is 10.2. The second-order valence-electron chi connectivity index (χ2n) is 5.84. The van der Waals surface area contributed by atoms with Crippen molar-refractivity contribution in [3.05, 3.63) is 38.3 Å². The number of carbonyl (C=O) groups excluding carboxylic acids is 1. The van der Waals surface area contributed by atoms with E-state index in [0.717, 1.165) is 21.2 Å². The van der Waals surface area contributed by atoms with Crippen LogP contribution in [0.1, 0.15) is 20.9 Å². The van der Waals surface area contributed by atoms with Crippen LogP contribution in [0.15, 0.2) is 22.1 Å². The van der Waals surface area contributed by atoms with Gasteiger partial charge in [-0.2, -0.15) is 18.3 Å². The van der Waals surface area contributed by atoms with Crippen molar-refractivity contribution in [2.75, 3.05) is 26.2 Å². The molecule has 0 unspecified atom stereocenters. The molecule has 0 N–H and O–H groups in total. The van der Waals surface area contributed by atoms with E-state index >= 15 is 0 Å². The number of hydrogen-bond acceptors (Lipinski definition) is 4. The van der Waals surface area contributed by atoms with E-state index in [2.05, 4.69) is 25.9 Å². The van der Waals surface area contributed by atoms with Crippen LogP contribution in [0.25, 0.3) is 0 Å². The summed E-state index contributed by atoms with van der Waals surface area (Å²) in [5, 5.41) is 3.40. The zero-order valence-corrected chi connectivity index (χ0v) is 15.8. The van der Waals surface area contributed by atoms with Crippen molar-refractivity contribution >= 4 is 33.2 Å². The van der Waals surface area contributed by atoms with E-state index in [1.165, 1.54) is 16.8 Å². The van der Waals surface area contributed by atoms with Crippen molar-refractivity contribution in [2.24, 2.45) is 7.05 Å². The smallest absolute Gasteiger partial charge is 0.336 e. The van der Waals surface area contributed by atoms with E-state index < -0.39 is 17.8 Å². The Morgan fingerprint density at radius 2 is 1.96 bits per heavy atom. The molecule has 2 aromatic heterocycles. The highest BCUT2D eigenvalue weighted by Crippen LogP contribution is 2.31. The van der Waals surface area contributed by atoms with Crippen LogP contribution in [-0.4, -0.2) is 51.7 Å². The Kier molecular flexibility index (Phi) is 5.21. The zero-order chi connectivity index (χ0) is 18.2. The fraction of sp³-hybridized carbons (Fsp3) is 0.467. The van der Waals surface area contributed by atoms with E-state index in [1.54, 1.807) is 11.3 Å². The maximum atomic E-state index is 13.0. The summed E-state index contributed by atoms with van der Waals surface area (Å²) in [6.07, 6.45) is -3.50. The van der Waals surface area contributed by atoms with Crippen LogP contribution in [-0.2, 0) is 19.8 Å². The molecule has 0 atom stereocenters. The van der Waals surface area contributed by atoms with E-state index in [9.17, 15) is 18.0 Å². The van der Waals surface area contributed by atoms with Gasteiger partial charge in [0, 0.05) is 50.8 Å². The highest BCUT2D eigenvalue weighted by molar-refractivity contribution is 9.11. The van der Waals surface area contributed by atoms with Crippen molar-refractivity contribution in [3.63, 3.8) is 0 Å². The Bertz CT molecular complexity index is 765. The van der Waals surface area contributed by atoms with Gasteiger partial charge in [0.05, 0.1) is 9.35 Å². The topological polar surface area (TPSA) is 41.4 Å². The van der Waals surface area contributed by atoms with Gasteiger partial charge in [-0.3, -0.25) is 14.4 Å². The summed E-state index contributed by atoms with van der Waals surface area (Å²) in [7, 11) is 1.38. The zero-order valence-electron chi connectivity index (χ0n) is 13.4. The van der Waals surface area contributed by atoms with Crippen molar-refractivity contribution in [3.8, 4) is 0 Å². The van der Waals surface area contributed by atoms with Gasteiger partial charge in [-0.15, -0.1) is 11.3 Å². The average Bonchev–Trinajstić information content (AvgIpc) is 3.13. The number of alkyl halides is 3. The van der Waals surface area contributed by atoms with Crippen LogP contribution in [0.3, 0.4) is 0 Å². The third kappa shape index (κ3) is 4.24. The van der Waals surface area contributed by atoms with Crippen LogP contribution in [0.2, 0.25) is 0 Å². The highest BCUT2D eigenvalue weighted by Gasteiger charge is 2.40. The van der Waals surface area contributed by atoms with E-state index in [4.69, 9.17) is 0 Å². The molecular weight excluding hydrogens is 421 g/mol. The van der Waals surface area contributed by atoms with Crippen molar-refractivity contribution in [2.45, 2.75) is 12.7 Å². The number of aromatic nitrogens is 2. The van der Waals surface area contributed by atoms with Gasteiger partial charge in [-0.1, -0.05) is 0 Å². The molecule has 0 radical (unpaired) electrons. The van der Waals surface area contributed by atoms with Gasteiger partial charge in [0.2, 0.25) is 0 Å². The number of halogens is 4. The van der Waals surface area contributed by atoms with E-state index in [0.29, 0.717) is 26.2 Å². The minimum atomic E-state index is -4.64. The monoisotopic (exact) mass is 436 g/mol. The SMILES string of the molecule is Cn1cc(C(=O)N2CCN(Cc3ccc(Br)s3)CC2)c(C(F)(F)F)n1. The molecule has 1 fully saturated rings. The van der Waals surface area contributed by atoms with Crippen LogP contribution in [0, 0.1) is 0 Å². The van der Waals surface area contributed by atoms with Crippen molar-refractivity contribution in [1.82, 2.24) is 19.6 Å². The maximum Gasteiger partial charge on any atom is 0.435 e. The Balaban J connectivity index is 1.64. The summed E-state index contributed by atoms with van der Waals surface area (Å²) in [6, 6.07) is 4.03. The maximum absolute atomic E-state index is 13.0. The first-order valence-electron chi connectivity index (χ1n) is 7.60. The molecule has 1 aliphatic rings. The Hall–Kier alpha value is -1.39. The third-order valence-corrected chi connectivity index (χ3v) is 5.60. The number of amides is 1. The molecule has 25 heavy (non-hydrogen) atoms. The predicted octanol–water partition coefficient (Wildman–Crippen LogP) is 3.22. The van der Waals surface area contributed by atoms with Gasteiger partial charge in [-0.25, -0.2) is 0 Å². The van der Waals surface area contributed by atoms with Crippen molar-refractivity contribution in [1.29, 1.82) is 0 Å². The predicted molar refractivity (Wildman–Crippen MR) is 91.4 cm³/mol. The molecular formula is C15H16BrF3N4OS. The molecule has 1 amide bonds. The Morgan fingerprint density at radius 1 is 1.28 bits per heavy atom. The Morgan fingerprint density at radius 3 is 2.52 bits per heavy atom. The first-order chi connectivity index (χ1) is 11.7.